The molecule has 7 aromatic rings. The Morgan fingerprint density at radius 1 is 0.477 bits per heavy atom. The van der Waals surface area contributed by atoms with E-state index in [2.05, 4.69) is 230 Å². The Morgan fingerprint density at radius 2 is 0.985 bits per heavy atom. The molecule has 4 aliphatic rings. The molecule has 2 aliphatic heterocycles. The second-order valence-corrected chi connectivity index (χ2v) is 23.4. The fourth-order valence-corrected chi connectivity index (χ4v) is 12.0. The van der Waals surface area contributed by atoms with Gasteiger partial charge in [0.1, 0.15) is 0 Å². The number of nitrogens with zero attached hydrogens (tertiary/aromatic N) is 3. The van der Waals surface area contributed by atoms with E-state index in [9.17, 15) is 0 Å². The molecule has 0 saturated heterocycles. The van der Waals surface area contributed by atoms with Crippen molar-refractivity contribution in [2.75, 3.05) is 14.7 Å². The number of para-hydroxylation sites is 2. The summed E-state index contributed by atoms with van der Waals surface area (Å²) in [7, 11) is 0. The molecule has 0 spiro atoms. The zero-order valence-electron chi connectivity index (χ0n) is 40.5. The van der Waals surface area contributed by atoms with Crippen LogP contribution in [0.4, 0.5) is 51.2 Å². The standard InChI is InChI=1S/C61H64BN3/c1-39-30-55-57-56(31-39)65(51-27-19-21-41-36-61(10,11)38-46(41)51)54-33-47(59(5,6)7)52(63(43-22-14-12-15-23-43)44-24-16-13-17-25-44)34-49(54)62(57)48-29-28-42(58(2,3)4)32-53(48)64(55)50-26-18-20-40-35-60(8,9)37-45(40)50/h12-34H,35-38H2,1-11H3. The van der Waals surface area contributed by atoms with Gasteiger partial charge in [-0.15, -0.1) is 0 Å². The van der Waals surface area contributed by atoms with E-state index in [1.165, 1.54) is 95.1 Å². The van der Waals surface area contributed by atoms with Gasteiger partial charge < -0.3 is 14.7 Å². The van der Waals surface area contributed by atoms with E-state index < -0.39 is 0 Å². The zero-order valence-corrected chi connectivity index (χ0v) is 40.5. The maximum Gasteiger partial charge on any atom is 0.252 e. The molecule has 0 unspecified atom stereocenters. The molecule has 2 heterocycles. The average molecular weight is 850 g/mol. The Bertz CT molecular complexity index is 2980. The fourth-order valence-electron chi connectivity index (χ4n) is 12.0. The maximum atomic E-state index is 2.71. The van der Waals surface area contributed by atoms with Crippen LogP contribution in [0, 0.1) is 17.8 Å². The van der Waals surface area contributed by atoms with Crippen molar-refractivity contribution in [1.82, 2.24) is 0 Å². The number of rotatable bonds is 5. The molecule has 0 N–H and O–H groups in total. The second-order valence-electron chi connectivity index (χ2n) is 23.4. The van der Waals surface area contributed by atoms with Crippen LogP contribution >= 0.6 is 0 Å². The Hall–Kier alpha value is -6.00. The van der Waals surface area contributed by atoms with Crippen molar-refractivity contribution >= 4 is 74.3 Å². The Labute approximate surface area is 389 Å². The lowest BCUT2D eigenvalue weighted by molar-refractivity contribution is 0.392. The molecule has 0 amide bonds. The van der Waals surface area contributed by atoms with E-state index >= 15 is 0 Å². The number of fused-ring (bicyclic) bond motifs is 6. The van der Waals surface area contributed by atoms with Gasteiger partial charge in [-0.3, -0.25) is 0 Å². The molecule has 4 heteroatoms. The van der Waals surface area contributed by atoms with Crippen molar-refractivity contribution in [2.24, 2.45) is 10.8 Å². The summed E-state index contributed by atoms with van der Waals surface area (Å²) < 4.78 is 0. The van der Waals surface area contributed by atoms with Gasteiger partial charge in [-0.05, 0) is 176 Å². The minimum atomic E-state index is -0.180. The molecule has 0 radical (unpaired) electrons. The SMILES string of the molecule is Cc1cc2c3c(c1)N(c1cccc4c1CC(C)(C)C4)c1cc(C(C)(C)C)c(N(c4ccccc4)c4ccccc4)cc1B3c1ccc(C(C)(C)C)cc1N2c1cccc2c1CC(C)(C)C2. The summed E-state index contributed by atoms with van der Waals surface area (Å²) in [6.07, 6.45) is 4.31. The quantitative estimate of drug-likeness (QED) is 0.160. The molecule has 11 rings (SSSR count). The topological polar surface area (TPSA) is 9.72 Å². The summed E-state index contributed by atoms with van der Waals surface area (Å²) >= 11 is 0. The lowest BCUT2D eigenvalue weighted by atomic mass is 9.33. The molecule has 0 aromatic heterocycles. The smallest absolute Gasteiger partial charge is 0.252 e. The molecule has 2 aliphatic carbocycles. The summed E-state index contributed by atoms with van der Waals surface area (Å²) in [5, 5.41) is 0. The van der Waals surface area contributed by atoms with E-state index in [-0.39, 0.29) is 28.4 Å². The van der Waals surface area contributed by atoms with E-state index in [0.29, 0.717) is 0 Å². The first-order valence-electron chi connectivity index (χ1n) is 24.1. The van der Waals surface area contributed by atoms with Gasteiger partial charge in [0.25, 0.3) is 6.71 Å². The molecule has 326 valence electrons. The van der Waals surface area contributed by atoms with Gasteiger partial charge in [-0.2, -0.15) is 0 Å². The Morgan fingerprint density at radius 3 is 1.48 bits per heavy atom. The van der Waals surface area contributed by atoms with Gasteiger partial charge in [0.15, 0.2) is 0 Å². The minimum Gasteiger partial charge on any atom is -0.311 e. The molecule has 65 heavy (non-hydrogen) atoms. The van der Waals surface area contributed by atoms with Crippen molar-refractivity contribution in [3.05, 3.63) is 178 Å². The Kier molecular flexibility index (Phi) is 9.30. The van der Waals surface area contributed by atoms with Crippen LogP contribution in [0.25, 0.3) is 0 Å². The highest BCUT2D eigenvalue weighted by atomic mass is 15.2. The zero-order chi connectivity index (χ0) is 45.4. The van der Waals surface area contributed by atoms with Gasteiger partial charge in [0.05, 0.1) is 0 Å². The molecule has 0 bridgehead atoms. The lowest BCUT2D eigenvalue weighted by Gasteiger charge is -2.46. The van der Waals surface area contributed by atoms with Crippen LogP contribution in [-0.4, -0.2) is 6.71 Å². The number of aryl methyl sites for hydroxylation is 1. The summed E-state index contributed by atoms with van der Waals surface area (Å²) in [6.45, 7) is 26.3. The number of benzene rings is 7. The molecule has 0 saturated carbocycles. The lowest BCUT2D eigenvalue weighted by Crippen LogP contribution is -2.61. The van der Waals surface area contributed by atoms with Crippen LogP contribution in [0.1, 0.15) is 108 Å². The first kappa shape index (κ1) is 41.7. The highest BCUT2D eigenvalue weighted by Gasteiger charge is 2.47. The number of anilines is 9. The second kappa shape index (κ2) is 14.5. The number of hydrogen-bond donors (Lipinski definition) is 0. The largest absolute Gasteiger partial charge is 0.311 e. The van der Waals surface area contributed by atoms with Crippen LogP contribution in [-0.2, 0) is 36.5 Å². The van der Waals surface area contributed by atoms with Crippen LogP contribution in [0.5, 0.6) is 0 Å². The normalized spacial score (nSPS) is 16.4. The predicted molar refractivity (Wildman–Crippen MR) is 280 cm³/mol. The van der Waals surface area contributed by atoms with Crippen molar-refractivity contribution < 1.29 is 0 Å². The fraction of sp³-hybridized carbons (Fsp3) is 0.311. The third-order valence-electron chi connectivity index (χ3n) is 14.9. The van der Waals surface area contributed by atoms with Crippen LogP contribution in [0.2, 0.25) is 0 Å². The summed E-state index contributed by atoms with van der Waals surface area (Å²) in [5.41, 5.74) is 25.6. The van der Waals surface area contributed by atoms with Crippen LogP contribution in [0.15, 0.2) is 140 Å². The maximum absolute atomic E-state index is 2.71. The highest BCUT2D eigenvalue weighted by Crippen LogP contribution is 2.53. The van der Waals surface area contributed by atoms with Crippen molar-refractivity contribution in [2.45, 2.75) is 113 Å². The van der Waals surface area contributed by atoms with Gasteiger partial charge in [-0.1, -0.05) is 142 Å². The van der Waals surface area contributed by atoms with E-state index in [0.717, 1.165) is 37.1 Å². The first-order chi connectivity index (χ1) is 30.9. The molecular weight excluding hydrogens is 786 g/mol. The number of hydrogen-bond acceptors (Lipinski definition) is 3. The Balaban J connectivity index is 1.28. The van der Waals surface area contributed by atoms with Gasteiger partial charge in [0, 0.05) is 51.2 Å². The van der Waals surface area contributed by atoms with Crippen molar-refractivity contribution in [1.29, 1.82) is 0 Å². The predicted octanol–water partition coefficient (Wildman–Crippen LogP) is 14.4. The molecule has 0 fully saturated rings. The van der Waals surface area contributed by atoms with Gasteiger partial charge in [0.2, 0.25) is 0 Å². The van der Waals surface area contributed by atoms with Crippen LogP contribution in [0.3, 0.4) is 0 Å². The summed E-state index contributed by atoms with van der Waals surface area (Å²) in [6, 6.07) is 53.9. The van der Waals surface area contributed by atoms with Crippen molar-refractivity contribution in [3.63, 3.8) is 0 Å². The third kappa shape index (κ3) is 6.85. The van der Waals surface area contributed by atoms with E-state index in [1.54, 1.807) is 0 Å². The monoisotopic (exact) mass is 850 g/mol. The molecule has 0 atom stereocenters. The van der Waals surface area contributed by atoms with E-state index in [4.69, 9.17) is 0 Å². The van der Waals surface area contributed by atoms with Crippen LogP contribution < -0.4 is 31.1 Å². The molecule has 3 nitrogen and oxygen atoms in total. The average Bonchev–Trinajstić information content (AvgIpc) is 3.76. The van der Waals surface area contributed by atoms with E-state index in [1.807, 2.05) is 0 Å². The van der Waals surface area contributed by atoms with Gasteiger partial charge >= 0.3 is 0 Å². The molecular formula is C61H64BN3. The highest BCUT2D eigenvalue weighted by molar-refractivity contribution is 7.00. The summed E-state index contributed by atoms with van der Waals surface area (Å²) in [5.74, 6) is 0. The summed E-state index contributed by atoms with van der Waals surface area (Å²) in [4.78, 5) is 7.91. The third-order valence-corrected chi connectivity index (χ3v) is 14.9. The van der Waals surface area contributed by atoms with Gasteiger partial charge in [-0.25, -0.2) is 0 Å². The first-order valence-corrected chi connectivity index (χ1v) is 24.1. The molecule has 7 aromatic carbocycles. The van der Waals surface area contributed by atoms with Crippen molar-refractivity contribution in [3.8, 4) is 0 Å². The minimum absolute atomic E-state index is 0.00492.